The Morgan fingerprint density at radius 1 is 0.679 bits per heavy atom. The number of hydrogen-bond acceptors (Lipinski definition) is 2. The van der Waals surface area contributed by atoms with E-state index >= 15 is 0 Å². The number of ether oxygens (including phenoxy) is 1. The number of rotatable bonds is 4. The van der Waals surface area contributed by atoms with Gasteiger partial charge in [-0.15, -0.1) is 0 Å². The molecule has 2 nitrogen and oxygen atoms in total. The van der Waals surface area contributed by atoms with Crippen LogP contribution >= 0.6 is 0 Å². The quantitative estimate of drug-likeness (QED) is 0.343. The van der Waals surface area contributed by atoms with Gasteiger partial charge >= 0.3 is 6.11 Å². The molecule has 0 radical (unpaired) electrons. The second kappa shape index (κ2) is 7.06. The second-order valence-electron chi connectivity index (χ2n) is 5.76. The molecular weight excluding hydrogens is 391 g/mol. The topological polar surface area (TPSA) is 35.2 Å². The van der Waals surface area contributed by atoms with Gasteiger partial charge in [-0.2, -0.15) is 8.78 Å². The molecule has 9 heteroatoms. The molecule has 3 aromatic carbocycles. The predicted molar refractivity (Wildman–Crippen MR) is 87.0 cm³/mol. The third-order valence-electron chi connectivity index (χ3n) is 3.78. The highest BCUT2D eigenvalue weighted by atomic mass is 19.3. The first kappa shape index (κ1) is 19.5. The number of benzene rings is 3. The van der Waals surface area contributed by atoms with Crippen LogP contribution in [0.3, 0.4) is 0 Å². The third-order valence-corrected chi connectivity index (χ3v) is 3.78. The Bertz CT molecular complexity index is 989. The molecule has 146 valence electrons. The van der Waals surface area contributed by atoms with Crippen LogP contribution in [0.4, 0.5) is 36.4 Å². The maximum absolute atomic E-state index is 14.3. The average molecular weight is 401 g/mol. The molecule has 0 heterocycles. The van der Waals surface area contributed by atoms with Crippen LogP contribution in [0.5, 0.6) is 5.75 Å². The molecule has 3 aromatic rings. The van der Waals surface area contributed by atoms with Gasteiger partial charge in [0.1, 0.15) is 22.9 Å². The Balaban J connectivity index is 1.99. The van der Waals surface area contributed by atoms with Gasteiger partial charge in [0.25, 0.3) is 0 Å². The van der Waals surface area contributed by atoms with E-state index < -0.39 is 46.5 Å². The average Bonchev–Trinajstić information content (AvgIpc) is 2.59. The van der Waals surface area contributed by atoms with Crippen molar-refractivity contribution in [3.8, 4) is 16.9 Å². The van der Waals surface area contributed by atoms with E-state index in [1.54, 1.807) is 0 Å². The van der Waals surface area contributed by atoms with Gasteiger partial charge in [0.15, 0.2) is 17.5 Å². The first-order chi connectivity index (χ1) is 13.1. The van der Waals surface area contributed by atoms with Gasteiger partial charge in [-0.3, -0.25) is 0 Å². The molecule has 28 heavy (non-hydrogen) atoms. The fourth-order valence-electron chi connectivity index (χ4n) is 2.48. The SMILES string of the molecule is Nc1ccc(-c2cc(F)c(C(F)(F)Oc3cc(F)c(F)c(F)c3)c(F)c2)cc1. The summed E-state index contributed by atoms with van der Waals surface area (Å²) in [4.78, 5) is 0. The lowest BCUT2D eigenvalue weighted by Crippen LogP contribution is -2.25. The van der Waals surface area contributed by atoms with E-state index in [9.17, 15) is 30.7 Å². The van der Waals surface area contributed by atoms with Gasteiger partial charge < -0.3 is 10.5 Å². The van der Waals surface area contributed by atoms with Crippen LogP contribution < -0.4 is 10.5 Å². The molecule has 0 aliphatic rings. The summed E-state index contributed by atoms with van der Waals surface area (Å²) < 4.78 is 100. The Morgan fingerprint density at radius 3 is 1.68 bits per heavy atom. The Labute approximate surface area is 154 Å². The lowest BCUT2D eigenvalue weighted by atomic mass is 10.0. The molecule has 0 bridgehead atoms. The molecular formula is C19H10F7NO. The number of anilines is 1. The standard InChI is InChI=1S/C19H10F7NO/c20-13-5-10(9-1-3-11(27)4-2-9)6-14(21)17(13)19(25,26)28-12-7-15(22)18(24)16(23)8-12/h1-8H,27H2. The maximum Gasteiger partial charge on any atom is 0.432 e. The lowest BCUT2D eigenvalue weighted by molar-refractivity contribution is -0.189. The Hall–Kier alpha value is -3.23. The fraction of sp³-hybridized carbons (Fsp3) is 0.0526. The van der Waals surface area contributed by atoms with Crippen LogP contribution in [0.15, 0.2) is 48.5 Å². The van der Waals surface area contributed by atoms with Gasteiger partial charge in [0.2, 0.25) is 0 Å². The molecule has 2 N–H and O–H groups in total. The summed E-state index contributed by atoms with van der Waals surface area (Å²) in [5, 5.41) is 0. The van der Waals surface area contributed by atoms with Gasteiger partial charge in [0, 0.05) is 17.8 Å². The highest BCUT2D eigenvalue weighted by Gasteiger charge is 2.41. The maximum atomic E-state index is 14.3. The zero-order valence-electron chi connectivity index (χ0n) is 13.8. The van der Waals surface area contributed by atoms with Crippen molar-refractivity contribution in [1.82, 2.24) is 0 Å². The first-order valence-corrected chi connectivity index (χ1v) is 7.65. The highest BCUT2D eigenvalue weighted by Crippen LogP contribution is 2.37. The minimum atomic E-state index is -4.63. The molecule has 0 aliphatic carbocycles. The van der Waals surface area contributed by atoms with E-state index in [1.807, 2.05) is 0 Å². The summed E-state index contributed by atoms with van der Waals surface area (Å²) in [6, 6.07) is 7.32. The van der Waals surface area contributed by atoms with E-state index in [4.69, 9.17) is 5.73 Å². The Morgan fingerprint density at radius 2 is 1.18 bits per heavy atom. The van der Waals surface area contributed by atoms with E-state index in [-0.39, 0.29) is 17.7 Å². The van der Waals surface area contributed by atoms with Crippen LogP contribution in [0.2, 0.25) is 0 Å². The largest absolute Gasteiger partial charge is 0.432 e. The van der Waals surface area contributed by atoms with Crippen molar-refractivity contribution in [3.05, 3.63) is 83.2 Å². The van der Waals surface area contributed by atoms with Crippen molar-refractivity contribution < 1.29 is 35.5 Å². The summed E-state index contributed by atoms with van der Waals surface area (Å²) in [5.41, 5.74) is 4.39. The first-order valence-electron chi connectivity index (χ1n) is 7.65. The van der Waals surface area contributed by atoms with E-state index in [0.717, 1.165) is 0 Å². The molecule has 3 rings (SSSR count). The van der Waals surface area contributed by atoms with Crippen molar-refractivity contribution in [1.29, 1.82) is 0 Å². The van der Waals surface area contributed by atoms with Crippen molar-refractivity contribution in [2.45, 2.75) is 6.11 Å². The van der Waals surface area contributed by atoms with Crippen LogP contribution in [0.25, 0.3) is 11.1 Å². The predicted octanol–water partition coefficient (Wildman–Crippen LogP) is 5.76. The van der Waals surface area contributed by atoms with Crippen molar-refractivity contribution in [2.24, 2.45) is 0 Å². The summed E-state index contributed by atoms with van der Waals surface area (Å²) in [5.74, 6) is -9.96. The molecule has 0 spiro atoms. The number of nitrogens with two attached hydrogens (primary N) is 1. The molecule has 0 aliphatic heterocycles. The second-order valence-corrected chi connectivity index (χ2v) is 5.76. The summed E-state index contributed by atoms with van der Waals surface area (Å²) in [6.45, 7) is 0. The third kappa shape index (κ3) is 3.73. The molecule has 0 aromatic heterocycles. The summed E-state index contributed by atoms with van der Waals surface area (Å²) >= 11 is 0. The number of hydrogen-bond donors (Lipinski definition) is 1. The van der Waals surface area contributed by atoms with Crippen LogP contribution in [-0.2, 0) is 6.11 Å². The van der Waals surface area contributed by atoms with Crippen molar-refractivity contribution >= 4 is 5.69 Å². The van der Waals surface area contributed by atoms with Crippen LogP contribution in [0.1, 0.15) is 5.56 Å². The van der Waals surface area contributed by atoms with Crippen LogP contribution in [-0.4, -0.2) is 0 Å². The van der Waals surface area contributed by atoms with Gasteiger partial charge in [-0.05, 0) is 35.4 Å². The number of nitrogen functional groups attached to an aromatic ring is 1. The van der Waals surface area contributed by atoms with Gasteiger partial charge in [-0.1, -0.05) is 12.1 Å². The number of alkyl halides is 2. The zero-order valence-corrected chi connectivity index (χ0v) is 13.8. The fourth-order valence-corrected chi connectivity index (χ4v) is 2.48. The monoisotopic (exact) mass is 401 g/mol. The molecule has 0 atom stereocenters. The van der Waals surface area contributed by atoms with Crippen LogP contribution in [0, 0.1) is 29.1 Å². The summed E-state index contributed by atoms with van der Waals surface area (Å²) in [6.07, 6.45) is -4.63. The van der Waals surface area contributed by atoms with Gasteiger partial charge in [-0.25, -0.2) is 22.0 Å². The minimum absolute atomic E-state index is 0.0478. The molecule has 0 amide bonds. The van der Waals surface area contributed by atoms with E-state index in [2.05, 4.69) is 4.74 Å². The van der Waals surface area contributed by atoms with Gasteiger partial charge in [0.05, 0.1) is 0 Å². The highest BCUT2D eigenvalue weighted by molar-refractivity contribution is 5.66. The number of halogens is 7. The minimum Gasteiger partial charge on any atom is -0.429 e. The van der Waals surface area contributed by atoms with E-state index in [1.165, 1.54) is 24.3 Å². The normalized spacial score (nSPS) is 11.5. The lowest BCUT2D eigenvalue weighted by Gasteiger charge is -2.20. The molecule has 0 saturated carbocycles. The smallest absolute Gasteiger partial charge is 0.429 e. The summed E-state index contributed by atoms with van der Waals surface area (Å²) in [7, 11) is 0. The zero-order chi connectivity index (χ0) is 20.6. The molecule has 0 fully saturated rings. The van der Waals surface area contributed by atoms with Crippen molar-refractivity contribution in [3.63, 3.8) is 0 Å². The molecule has 0 unspecified atom stereocenters. The van der Waals surface area contributed by atoms with E-state index in [0.29, 0.717) is 23.4 Å². The Kier molecular flexibility index (Phi) is 4.93. The molecule has 0 saturated heterocycles. The van der Waals surface area contributed by atoms with Crippen molar-refractivity contribution in [2.75, 3.05) is 5.73 Å².